The molecule has 0 spiro atoms. The standard InChI is InChI=1S/C52H64N4O11/c1-11-42-51(7,67-50(61)56-24-23-53-31-56)28-32(2)43(57)33(3)29-52(8,62-25-17-18-37-27-39-21-15-16-22-40(39)54-30-37)46(35(5)44(58)36(6)47(59)64-42)66-49-45(41(55(9)10)26-34(4)63-49)65-48(60)38-19-13-12-14-20-38/h12-24,27-28,30-31,33-36,41-42,45-46,49H,11,25-26,29H2,1-10H3/b18-17+,32-28+/t33-,34-,35+,36-,41+,42-,45-,46-,49+,51+,52-/m1/s1. The summed E-state index contributed by atoms with van der Waals surface area (Å²) in [7, 11) is 3.76. The summed E-state index contributed by atoms with van der Waals surface area (Å²) in [6.45, 7) is 13.5. The van der Waals surface area contributed by atoms with E-state index >= 15 is 0 Å². The molecule has 11 atom stereocenters. The Morgan fingerprint density at radius 1 is 1.00 bits per heavy atom. The monoisotopic (exact) mass is 920 g/mol. The first-order chi connectivity index (χ1) is 31.8. The minimum atomic E-state index is -1.65. The summed E-state index contributed by atoms with van der Waals surface area (Å²) in [6, 6.07) is 18.0. The van der Waals surface area contributed by atoms with Crippen molar-refractivity contribution in [3.8, 4) is 0 Å². The van der Waals surface area contributed by atoms with Gasteiger partial charge in [0.1, 0.15) is 18.3 Å². The number of hydrogen-bond acceptors (Lipinski definition) is 14. The van der Waals surface area contributed by atoms with Crippen LogP contribution in [0.25, 0.3) is 17.0 Å². The maximum absolute atomic E-state index is 14.9. The number of ketones is 2. The minimum Gasteiger partial charge on any atom is -0.457 e. The van der Waals surface area contributed by atoms with Crippen molar-refractivity contribution in [2.75, 3.05) is 20.7 Å². The number of fused-ring (bicyclic) bond motifs is 1. The number of Topliss-reactive ketones (excluding diaryl/α,β-unsaturated/α-hetero) is 2. The molecule has 15 nitrogen and oxygen atoms in total. The number of pyridine rings is 1. The summed E-state index contributed by atoms with van der Waals surface area (Å²) >= 11 is 0. The summed E-state index contributed by atoms with van der Waals surface area (Å²) in [5, 5.41) is 0.964. The van der Waals surface area contributed by atoms with Crippen molar-refractivity contribution < 1.29 is 52.4 Å². The Balaban J connectivity index is 1.43. The van der Waals surface area contributed by atoms with Gasteiger partial charge in [0.05, 0.1) is 41.5 Å². The van der Waals surface area contributed by atoms with E-state index in [0.29, 0.717) is 12.0 Å². The van der Waals surface area contributed by atoms with Crippen molar-refractivity contribution in [3.63, 3.8) is 0 Å². The molecule has 0 bridgehead atoms. The second-order valence-corrected chi connectivity index (χ2v) is 18.4. The molecule has 0 N–H and O–H groups in total. The molecule has 15 heteroatoms. The van der Waals surface area contributed by atoms with Gasteiger partial charge in [0, 0.05) is 35.8 Å². The predicted molar refractivity (Wildman–Crippen MR) is 251 cm³/mol. The van der Waals surface area contributed by atoms with Gasteiger partial charge in [-0.15, -0.1) is 0 Å². The number of esters is 2. The Morgan fingerprint density at radius 3 is 2.40 bits per heavy atom. The van der Waals surface area contributed by atoms with E-state index in [4.69, 9.17) is 28.4 Å². The highest BCUT2D eigenvalue weighted by Gasteiger charge is 2.51. The first kappa shape index (κ1) is 50.5. The van der Waals surface area contributed by atoms with Gasteiger partial charge in [0.2, 0.25) is 0 Å². The van der Waals surface area contributed by atoms with Crippen LogP contribution in [0.4, 0.5) is 4.79 Å². The number of aromatic nitrogens is 3. The molecule has 1 saturated heterocycles. The van der Waals surface area contributed by atoms with Gasteiger partial charge in [-0.1, -0.05) is 69.3 Å². The Morgan fingerprint density at radius 2 is 1.72 bits per heavy atom. The van der Waals surface area contributed by atoms with Gasteiger partial charge >= 0.3 is 18.0 Å². The van der Waals surface area contributed by atoms with E-state index in [0.717, 1.165) is 21.0 Å². The van der Waals surface area contributed by atoms with E-state index in [1.165, 1.54) is 31.7 Å². The Hall–Kier alpha value is -5.87. The third-order valence-electron chi connectivity index (χ3n) is 12.8. The number of rotatable bonds is 11. The van der Waals surface area contributed by atoms with E-state index < -0.39 is 77.4 Å². The van der Waals surface area contributed by atoms with Crippen LogP contribution in [0, 0.1) is 17.8 Å². The minimum absolute atomic E-state index is 0.00650. The lowest BCUT2D eigenvalue weighted by Gasteiger charge is -2.47. The predicted octanol–water partition coefficient (Wildman–Crippen LogP) is 8.06. The fourth-order valence-corrected chi connectivity index (χ4v) is 9.22. The first-order valence-corrected chi connectivity index (χ1v) is 22.9. The number of carbonyl (C=O) groups is 5. The molecule has 4 heterocycles. The SMILES string of the molecule is CC[C@H]1OC(=O)[C@H](C)C(=O)[C@H](C)[C@@H](O[C@@H]2O[C@H](C)C[C@H](N(C)C)[C@H]2OC(=O)c2ccccc2)[C@](C)(OC/C=C/c2cnc3ccccc3c2)C[C@@H](C)C(=O)/C(C)=C/[C@]1(C)OC(=O)n1ccnc1. The Bertz CT molecular complexity index is 2440. The van der Waals surface area contributed by atoms with Crippen molar-refractivity contribution in [2.45, 2.75) is 123 Å². The maximum Gasteiger partial charge on any atom is 0.420 e. The van der Waals surface area contributed by atoms with Crippen LogP contribution < -0.4 is 0 Å². The first-order valence-electron chi connectivity index (χ1n) is 22.9. The number of benzene rings is 2. The summed E-state index contributed by atoms with van der Waals surface area (Å²) in [5.41, 5.74) is -0.849. The average molecular weight is 921 g/mol. The quantitative estimate of drug-likeness (QED) is 0.0803. The van der Waals surface area contributed by atoms with Crippen LogP contribution >= 0.6 is 0 Å². The molecule has 358 valence electrons. The van der Waals surface area contributed by atoms with Crippen LogP contribution in [0.3, 0.4) is 0 Å². The Labute approximate surface area is 392 Å². The number of imidazole rings is 1. The number of ether oxygens (including phenoxy) is 6. The van der Waals surface area contributed by atoms with Crippen LogP contribution in [0.15, 0.2) is 103 Å². The number of allylic oxidation sites excluding steroid dienone is 1. The highest BCUT2D eigenvalue weighted by atomic mass is 16.7. The van der Waals surface area contributed by atoms with Gasteiger partial charge in [-0.25, -0.2) is 19.1 Å². The van der Waals surface area contributed by atoms with Crippen molar-refractivity contribution in [1.29, 1.82) is 0 Å². The highest BCUT2D eigenvalue weighted by Crippen LogP contribution is 2.39. The topological polar surface area (TPSA) is 175 Å². The molecule has 1 fully saturated rings. The highest BCUT2D eigenvalue weighted by molar-refractivity contribution is 6.00. The molecule has 0 amide bonds. The van der Waals surface area contributed by atoms with Crippen LogP contribution in [-0.2, 0) is 42.8 Å². The Kier molecular flexibility index (Phi) is 16.5. The zero-order valence-corrected chi connectivity index (χ0v) is 40.1. The molecule has 2 aliphatic rings. The van der Waals surface area contributed by atoms with Crippen LogP contribution in [0.5, 0.6) is 0 Å². The summed E-state index contributed by atoms with van der Waals surface area (Å²) in [4.78, 5) is 81.4. The van der Waals surface area contributed by atoms with E-state index in [1.54, 1.807) is 78.1 Å². The lowest BCUT2D eigenvalue weighted by Crippen LogP contribution is -2.60. The van der Waals surface area contributed by atoms with E-state index in [2.05, 4.69) is 9.97 Å². The molecule has 0 unspecified atom stereocenters. The number of hydrogen-bond donors (Lipinski definition) is 0. The fraction of sp³-hybridized carbons (Fsp3) is 0.481. The molecule has 4 aromatic rings. The smallest absolute Gasteiger partial charge is 0.420 e. The van der Waals surface area contributed by atoms with Gasteiger partial charge in [-0.2, -0.15) is 0 Å². The van der Waals surface area contributed by atoms with Crippen molar-refractivity contribution in [1.82, 2.24) is 19.4 Å². The van der Waals surface area contributed by atoms with Gasteiger partial charge in [-0.05, 0) is 109 Å². The summed E-state index contributed by atoms with van der Waals surface area (Å²) in [6.07, 6.45) is 6.03. The van der Waals surface area contributed by atoms with E-state index in [-0.39, 0.29) is 43.0 Å². The molecular weight excluding hydrogens is 857 g/mol. The third kappa shape index (κ3) is 12.0. The largest absolute Gasteiger partial charge is 0.457 e. The van der Waals surface area contributed by atoms with E-state index in [9.17, 15) is 24.0 Å². The number of cyclic esters (lactones) is 1. The van der Waals surface area contributed by atoms with Crippen molar-refractivity contribution >= 4 is 46.6 Å². The number of nitrogens with zero attached hydrogens (tertiary/aromatic N) is 4. The van der Waals surface area contributed by atoms with Crippen molar-refractivity contribution in [3.05, 3.63) is 114 Å². The molecule has 0 saturated carbocycles. The normalized spacial score (nSPS) is 30.9. The number of para-hydroxylation sites is 1. The molecule has 67 heavy (non-hydrogen) atoms. The van der Waals surface area contributed by atoms with Gasteiger partial charge in [0.15, 0.2) is 29.6 Å². The second-order valence-electron chi connectivity index (χ2n) is 18.4. The molecule has 2 aromatic heterocycles. The fourth-order valence-electron chi connectivity index (χ4n) is 9.22. The maximum atomic E-state index is 14.9. The molecule has 6 rings (SSSR count). The zero-order chi connectivity index (χ0) is 48.6. The summed E-state index contributed by atoms with van der Waals surface area (Å²) in [5.74, 6) is -5.51. The molecule has 0 aliphatic carbocycles. The van der Waals surface area contributed by atoms with Gasteiger partial charge < -0.3 is 33.3 Å². The van der Waals surface area contributed by atoms with E-state index in [1.807, 2.05) is 68.4 Å². The van der Waals surface area contributed by atoms with Gasteiger partial charge in [0.25, 0.3) is 0 Å². The molecule has 2 aliphatic heterocycles. The lowest BCUT2D eigenvalue weighted by atomic mass is 9.76. The summed E-state index contributed by atoms with van der Waals surface area (Å²) < 4.78 is 39.9. The second kappa shape index (κ2) is 21.8. The number of carbonyl (C=O) groups excluding carboxylic acids is 5. The van der Waals surface area contributed by atoms with Crippen LogP contribution in [0.2, 0.25) is 0 Å². The molecule has 2 aromatic carbocycles. The average Bonchev–Trinajstić information content (AvgIpc) is 3.86. The van der Waals surface area contributed by atoms with Crippen molar-refractivity contribution in [2.24, 2.45) is 17.8 Å². The lowest BCUT2D eigenvalue weighted by molar-refractivity contribution is -0.296. The van der Waals surface area contributed by atoms with Gasteiger partial charge in [-0.3, -0.25) is 19.4 Å². The molecule has 0 radical (unpaired) electrons. The molecular formula is C52H64N4O11. The van der Waals surface area contributed by atoms with Crippen LogP contribution in [0.1, 0.15) is 90.6 Å². The van der Waals surface area contributed by atoms with Crippen LogP contribution in [-0.4, -0.2) is 118 Å². The zero-order valence-electron chi connectivity index (χ0n) is 40.1. The third-order valence-corrected chi connectivity index (χ3v) is 12.8. The number of likely N-dealkylation sites (N-methyl/N-ethyl adjacent to an activating group) is 1.